The molecule has 88 valence electrons. The monoisotopic (exact) mass is 248 g/mol. The van der Waals surface area contributed by atoms with Gasteiger partial charge in [-0.15, -0.1) is 0 Å². The van der Waals surface area contributed by atoms with E-state index in [1.807, 2.05) is 36.4 Å². The fourth-order valence-electron chi connectivity index (χ4n) is 1.46. The minimum Gasteiger partial charge on any atom is -0.497 e. The van der Waals surface area contributed by atoms with Gasteiger partial charge in [-0.2, -0.15) is 0 Å². The number of nitrogens with one attached hydrogen (secondary N) is 1. The fourth-order valence-corrected chi connectivity index (χ4v) is 1.59. The highest BCUT2D eigenvalue weighted by Crippen LogP contribution is 2.27. The van der Waals surface area contributed by atoms with Crippen LogP contribution in [0.1, 0.15) is 0 Å². The van der Waals surface area contributed by atoms with Crippen LogP contribution in [0.25, 0.3) is 0 Å². The predicted octanol–water partition coefficient (Wildman–Crippen LogP) is 3.67. The quantitative estimate of drug-likeness (QED) is 0.815. The lowest BCUT2D eigenvalue weighted by Gasteiger charge is -2.11. The van der Waals surface area contributed by atoms with Gasteiger partial charge in [0.05, 0.1) is 18.5 Å². The molecule has 3 nitrogen and oxygen atoms in total. The lowest BCUT2D eigenvalue weighted by atomic mass is 10.2. The molecule has 2 rings (SSSR count). The highest BCUT2D eigenvalue weighted by atomic mass is 35.5. The third-order valence-corrected chi connectivity index (χ3v) is 2.64. The molecule has 2 aromatic rings. The second kappa shape index (κ2) is 4.97. The van der Waals surface area contributed by atoms with E-state index in [0.717, 1.165) is 17.1 Å². The molecular formula is C13H13ClN2O. The van der Waals surface area contributed by atoms with Crippen molar-refractivity contribution in [2.24, 2.45) is 0 Å². The summed E-state index contributed by atoms with van der Waals surface area (Å²) in [5.74, 6) is 0.760. The summed E-state index contributed by atoms with van der Waals surface area (Å²) in [7, 11) is 1.62. The number of hydrogen-bond acceptors (Lipinski definition) is 3. The average Bonchev–Trinajstić information content (AvgIpc) is 2.35. The largest absolute Gasteiger partial charge is 0.497 e. The number of nitrogens with two attached hydrogens (primary N) is 1. The fraction of sp³-hybridized carbons (Fsp3) is 0.0769. The van der Waals surface area contributed by atoms with E-state index in [9.17, 15) is 0 Å². The van der Waals surface area contributed by atoms with Crippen molar-refractivity contribution in [2.75, 3.05) is 18.2 Å². The van der Waals surface area contributed by atoms with E-state index < -0.39 is 0 Å². The molecule has 4 heteroatoms. The van der Waals surface area contributed by atoms with Crippen molar-refractivity contribution in [1.82, 2.24) is 0 Å². The molecule has 0 radical (unpaired) electrons. The summed E-state index contributed by atoms with van der Waals surface area (Å²) in [6, 6.07) is 12.9. The molecular weight excluding hydrogens is 236 g/mol. The van der Waals surface area contributed by atoms with Gasteiger partial charge in [-0.1, -0.05) is 11.6 Å². The molecule has 0 heterocycles. The van der Waals surface area contributed by atoms with Crippen molar-refractivity contribution in [2.45, 2.75) is 0 Å². The van der Waals surface area contributed by atoms with Crippen LogP contribution in [0.2, 0.25) is 5.02 Å². The minimum absolute atomic E-state index is 0.667. The molecule has 17 heavy (non-hydrogen) atoms. The lowest BCUT2D eigenvalue weighted by Crippen LogP contribution is -1.96. The van der Waals surface area contributed by atoms with Crippen molar-refractivity contribution in [3.8, 4) is 5.75 Å². The Bertz CT molecular complexity index is 511. The summed E-state index contributed by atoms with van der Waals surface area (Å²) in [5.41, 5.74) is 8.28. The Morgan fingerprint density at radius 2 is 1.82 bits per heavy atom. The lowest BCUT2D eigenvalue weighted by molar-refractivity contribution is 0.415. The Morgan fingerprint density at radius 3 is 2.47 bits per heavy atom. The molecule has 0 aliphatic carbocycles. The minimum atomic E-state index is 0.667. The van der Waals surface area contributed by atoms with Gasteiger partial charge in [0.25, 0.3) is 0 Å². The maximum absolute atomic E-state index is 5.88. The van der Waals surface area contributed by atoms with Gasteiger partial charge in [0.1, 0.15) is 5.75 Å². The number of hydrogen-bond donors (Lipinski definition) is 2. The maximum atomic E-state index is 5.88. The molecule has 0 fully saturated rings. The Kier molecular flexibility index (Phi) is 3.40. The molecule has 0 atom stereocenters. The molecule has 0 saturated carbocycles. The molecule has 2 aromatic carbocycles. The van der Waals surface area contributed by atoms with Crippen LogP contribution in [0.5, 0.6) is 5.75 Å². The van der Waals surface area contributed by atoms with Gasteiger partial charge in [0.2, 0.25) is 0 Å². The number of methoxy groups -OCH3 is 1. The van der Waals surface area contributed by atoms with Gasteiger partial charge in [-0.05, 0) is 36.4 Å². The van der Waals surface area contributed by atoms with Gasteiger partial charge in [-0.25, -0.2) is 0 Å². The van der Waals surface area contributed by atoms with Crippen LogP contribution < -0.4 is 15.8 Å². The Balaban J connectivity index is 2.25. The van der Waals surface area contributed by atoms with E-state index in [4.69, 9.17) is 22.1 Å². The summed E-state index contributed by atoms with van der Waals surface area (Å²) < 4.78 is 5.15. The zero-order chi connectivity index (χ0) is 12.3. The van der Waals surface area contributed by atoms with Crippen LogP contribution in [-0.4, -0.2) is 7.11 Å². The summed E-state index contributed by atoms with van der Waals surface area (Å²) in [4.78, 5) is 0. The third kappa shape index (κ3) is 2.82. The smallest absolute Gasteiger partial charge is 0.121 e. The van der Waals surface area contributed by atoms with Crippen LogP contribution >= 0.6 is 11.6 Å². The van der Waals surface area contributed by atoms with Crippen LogP contribution in [-0.2, 0) is 0 Å². The van der Waals surface area contributed by atoms with E-state index in [1.165, 1.54) is 0 Å². The molecule has 0 saturated heterocycles. The highest BCUT2D eigenvalue weighted by Gasteiger charge is 2.02. The third-order valence-electron chi connectivity index (χ3n) is 2.38. The van der Waals surface area contributed by atoms with Gasteiger partial charge in [0, 0.05) is 16.8 Å². The molecule has 0 unspecified atom stereocenters. The molecule has 0 amide bonds. The van der Waals surface area contributed by atoms with Crippen molar-refractivity contribution in [1.29, 1.82) is 0 Å². The van der Waals surface area contributed by atoms with Crippen molar-refractivity contribution >= 4 is 28.7 Å². The number of rotatable bonds is 3. The highest BCUT2D eigenvalue weighted by molar-refractivity contribution is 6.30. The maximum Gasteiger partial charge on any atom is 0.121 e. The number of nitrogen functional groups attached to an aromatic ring is 1. The van der Waals surface area contributed by atoms with E-state index in [0.29, 0.717) is 10.7 Å². The van der Waals surface area contributed by atoms with Crippen molar-refractivity contribution in [3.63, 3.8) is 0 Å². The van der Waals surface area contributed by atoms with Gasteiger partial charge in [-0.3, -0.25) is 0 Å². The molecule has 0 spiro atoms. The first-order valence-corrected chi connectivity index (χ1v) is 5.53. The summed E-state index contributed by atoms with van der Waals surface area (Å²) in [6.45, 7) is 0. The van der Waals surface area contributed by atoms with E-state index in [2.05, 4.69) is 5.32 Å². The van der Waals surface area contributed by atoms with E-state index in [-0.39, 0.29) is 0 Å². The van der Waals surface area contributed by atoms with Gasteiger partial charge >= 0.3 is 0 Å². The Hall–Kier alpha value is -1.87. The summed E-state index contributed by atoms with van der Waals surface area (Å²) >= 11 is 5.82. The van der Waals surface area contributed by atoms with Crippen LogP contribution in [0.4, 0.5) is 17.1 Å². The SMILES string of the molecule is COc1ccc(N)c(Nc2ccc(Cl)cc2)c1. The van der Waals surface area contributed by atoms with Crippen molar-refractivity contribution < 1.29 is 4.74 Å². The standard InChI is InChI=1S/C13H13ClN2O/c1-17-11-6-7-12(15)13(8-11)16-10-4-2-9(14)3-5-10/h2-8,16H,15H2,1H3. The van der Waals surface area contributed by atoms with E-state index >= 15 is 0 Å². The molecule has 3 N–H and O–H groups in total. The predicted molar refractivity (Wildman–Crippen MR) is 72.1 cm³/mol. The zero-order valence-electron chi connectivity index (χ0n) is 9.41. The first-order valence-electron chi connectivity index (χ1n) is 5.15. The first-order chi connectivity index (χ1) is 8.19. The van der Waals surface area contributed by atoms with Crippen molar-refractivity contribution in [3.05, 3.63) is 47.5 Å². The Morgan fingerprint density at radius 1 is 1.12 bits per heavy atom. The van der Waals surface area contributed by atoms with Crippen LogP contribution in [0.15, 0.2) is 42.5 Å². The summed E-state index contributed by atoms with van der Waals surface area (Å²) in [5, 5.41) is 3.91. The first kappa shape index (κ1) is 11.6. The molecule has 0 aliphatic heterocycles. The van der Waals surface area contributed by atoms with Gasteiger partial charge in [0.15, 0.2) is 0 Å². The van der Waals surface area contributed by atoms with Gasteiger partial charge < -0.3 is 15.8 Å². The average molecular weight is 249 g/mol. The zero-order valence-corrected chi connectivity index (χ0v) is 10.2. The molecule has 0 aliphatic rings. The van der Waals surface area contributed by atoms with Crippen LogP contribution in [0.3, 0.4) is 0 Å². The second-order valence-electron chi connectivity index (χ2n) is 3.59. The van der Waals surface area contributed by atoms with E-state index in [1.54, 1.807) is 13.2 Å². The Labute approximate surface area is 105 Å². The number of benzene rings is 2. The number of ether oxygens (including phenoxy) is 1. The topological polar surface area (TPSA) is 47.3 Å². The molecule has 0 aromatic heterocycles. The summed E-state index contributed by atoms with van der Waals surface area (Å²) in [6.07, 6.45) is 0. The number of anilines is 3. The van der Waals surface area contributed by atoms with Crippen LogP contribution in [0, 0.1) is 0 Å². The number of halogens is 1. The second-order valence-corrected chi connectivity index (χ2v) is 4.02. The molecule has 0 bridgehead atoms. The normalized spacial score (nSPS) is 10.0.